The molecule has 1 aliphatic heterocycles. The predicted octanol–water partition coefficient (Wildman–Crippen LogP) is 0.580. The highest BCUT2D eigenvalue weighted by molar-refractivity contribution is 7.98. The average molecular weight is 394 g/mol. The number of rotatable bonds is 9. The Bertz CT molecular complexity index is 765. The van der Waals surface area contributed by atoms with E-state index in [-0.39, 0.29) is 18.6 Å². The minimum Gasteiger partial charge on any atom is -0.491 e. The molecule has 27 heavy (non-hydrogen) atoms. The largest absolute Gasteiger partial charge is 0.491 e. The second-order valence-corrected chi connectivity index (χ2v) is 6.87. The van der Waals surface area contributed by atoms with E-state index in [4.69, 9.17) is 14.2 Å². The van der Waals surface area contributed by atoms with E-state index in [9.17, 15) is 4.79 Å². The van der Waals surface area contributed by atoms with Crippen LogP contribution in [0.5, 0.6) is 11.5 Å². The molecule has 0 spiro atoms. The highest BCUT2D eigenvalue weighted by atomic mass is 32.2. The molecular formula is C16H22N6O4S. The zero-order chi connectivity index (χ0) is 19.1. The number of hydrogen-bond donors (Lipinski definition) is 1. The number of nitrogens with zero attached hydrogens (tertiary/aromatic N) is 5. The Morgan fingerprint density at radius 1 is 1.48 bits per heavy atom. The monoisotopic (exact) mass is 394 g/mol. The van der Waals surface area contributed by atoms with Crippen molar-refractivity contribution in [2.75, 3.05) is 26.9 Å². The second kappa shape index (κ2) is 9.51. The number of nitrogens with one attached hydrogen (secondary N) is 1. The van der Waals surface area contributed by atoms with Crippen LogP contribution < -0.4 is 14.8 Å². The van der Waals surface area contributed by atoms with Crippen molar-refractivity contribution in [1.82, 2.24) is 30.5 Å². The zero-order valence-electron chi connectivity index (χ0n) is 15.3. The summed E-state index contributed by atoms with van der Waals surface area (Å²) in [7, 11) is 3.30. The Morgan fingerprint density at radius 2 is 2.37 bits per heavy atom. The van der Waals surface area contributed by atoms with Crippen molar-refractivity contribution in [1.29, 1.82) is 0 Å². The maximum Gasteiger partial charge on any atom is 0.258 e. The lowest BCUT2D eigenvalue weighted by Gasteiger charge is -2.13. The van der Waals surface area contributed by atoms with Crippen LogP contribution in [0.1, 0.15) is 18.5 Å². The van der Waals surface area contributed by atoms with E-state index in [1.165, 1.54) is 18.9 Å². The fraction of sp³-hybridized carbons (Fsp3) is 0.562. The number of ether oxygens (including phenoxy) is 3. The molecule has 3 heterocycles. The Morgan fingerprint density at radius 3 is 3.07 bits per heavy atom. The van der Waals surface area contributed by atoms with Crippen molar-refractivity contribution < 1.29 is 19.0 Å². The van der Waals surface area contributed by atoms with Gasteiger partial charge in [-0.2, -0.15) is 0 Å². The normalized spacial score (nSPS) is 16.3. The van der Waals surface area contributed by atoms with Gasteiger partial charge in [0.1, 0.15) is 0 Å². The first kappa shape index (κ1) is 19.4. The summed E-state index contributed by atoms with van der Waals surface area (Å²) in [6, 6.07) is 1.75. The van der Waals surface area contributed by atoms with Crippen molar-refractivity contribution in [3.8, 4) is 11.5 Å². The summed E-state index contributed by atoms with van der Waals surface area (Å²) >= 11 is 1.45. The summed E-state index contributed by atoms with van der Waals surface area (Å²) in [5.41, 5.74) is 0.763. The van der Waals surface area contributed by atoms with Crippen LogP contribution in [0.3, 0.4) is 0 Å². The molecule has 0 radical (unpaired) electrons. The molecule has 0 saturated carbocycles. The maximum absolute atomic E-state index is 12.0. The molecule has 1 aliphatic rings. The number of hydrogen-bond acceptors (Lipinski definition) is 9. The molecule has 0 bridgehead atoms. The molecule has 0 aromatic carbocycles. The Kier molecular flexibility index (Phi) is 6.82. The van der Waals surface area contributed by atoms with Crippen molar-refractivity contribution in [3.63, 3.8) is 0 Å². The van der Waals surface area contributed by atoms with Gasteiger partial charge >= 0.3 is 0 Å². The quantitative estimate of drug-likeness (QED) is 0.610. The number of carbonyl (C=O) groups excluding carboxylic acids is 1. The molecule has 2 aromatic rings. The van der Waals surface area contributed by atoms with Crippen molar-refractivity contribution in [3.05, 3.63) is 18.0 Å². The van der Waals surface area contributed by atoms with Gasteiger partial charge in [-0.1, -0.05) is 11.8 Å². The Labute approximate surface area is 161 Å². The van der Waals surface area contributed by atoms with E-state index in [2.05, 4.69) is 25.8 Å². The summed E-state index contributed by atoms with van der Waals surface area (Å²) in [5.74, 6) is 1.28. The molecule has 0 unspecified atom stereocenters. The number of aryl methyl sites for hydroxylation is 1. The third kappa shape index (κ3) is 5.54. The van der Waals surface area contributed by atoms with Gasteiger partial charge in [0.2, 0.25) is 5.16 Å². The van der Waals surface area contributed by atoms with Gasteiger partial charge in [-0.3, -0.25) is 9.78 Å². The summed E-state index contributed by atoms with van der Waals surface area (Å²) in [6.45, 7) is 1.16. The molecular weight excluding hydrogens is 372 g/mol. The molecule has 1 amide bonds. The van der Waals surface area contributed by atoms with Gasteiger partial charge in [-0.25, -0.2) is 4.68 Å². The lowest BCUT2D eigenvalue weighted by atomic mass is 10.2. The molecule has 2 aromatic heterocycles. The van der Waals surface area contributed by atoms with E-state index in [0.29, 0.717) is 29.0 Å². The Balaban J connectivity index is 1.53. The summed E-state index contributed by atoms with van der Waals surface area (Å²) < 4.78 is 18.0. The smallest absolute Gasteiger partial charge is 0.258 e. The van der Waals surface area contributed by atoms with Crippen LogP contribution in [0.4, 0.5) is 0 Å². The summed E-state index contributed by atoms with van der Waals surface area (Å²) in [5, 5.41) is 14.8. The van der Waals surface area contributed by atoms with E-state index in [0.717, 1.165) is 25.1 Å². The molecule has 1 fully saturated rings. The molecule has 3 rings (SSSR count). The molecule has 0 aliphatic carbocycles. The molecule has 11 heteroatoms. The topological polar surface area (TPSA) is 113 Å². The minimum absolute atomic E-state index is 0.100. The molecule has 146 valence electrons. The van der Waals surface area contributed by atoms with Gasteiger partial charge in [-0.15, -0.1) is 5.10 Å². The van der Waals surface area contributed by atoms with E-state index < -0.39 is 0 Å². The Hall–Kier alpha value is -2.40. The van der Waals surface area contributed by atoms with Crippen molar-refractivity contribution in [2.45, 2.75) is 29.9 Å². The van der Waals surface area contributed by atoms with E-state index >= 15 is 0 Å². The van der Waals surface area contributed by atoms with Crippen LogP contribution in [0.25, 0.3) is 0 Å². The van der Waals surface area contributed by atoms with Crippen LogP contribution in [-0.4, -0.2) is 64.1 Å². The number of aromatic nitrogens is 5. The van der Waals surface area contributed by atoms with Gasteiger partial charge in [0.15, 0.2) is 18.1 Å². The SMILES string of the molecule is COc1cnc(CSc2nnnn2C)cc1OCC(=O)NC[C@H]1CCCO1. The van der Waals surface area contributed by atoms with Crippen LogP contribution in [0, 0.1) is 0 Å². The van der Waals surface area contributed by atoms with Crippen LogP contribution in [0.15, 0.2) is 17.4 Å². The van der Waals surface area contributed by atoms with Gasteiger partial charge in [-0.05, 0) is 23.3 Å². The lowest BCUT2D eigenvalue weighted by molar-refractivity contribution is -0.123. The number of thioether (sulfide) groups is 1. The molecule has 10 nitrogen and oxygen atoms in total. The van der Waals surface area contributed by atoms with E-state index in [1.807, 2.05) is 0 Å². The first-order valence-electron chi connectivity index (χ1n) is 8.55. The third-order valence-electron chi connectivity index (χ3n) is 3.95. The fourth-order valence-electron chi connectivity index (χ4n) is 2.52. The van der Waals surface area contributed by atoms with Gasteiger partial charge in [0.25, 0.3) is 5.91 Å². The summed E-state index contributed by atoms with van der Waals surface area (Å²) in [4.78, 5) is 16.3. The van der Waals surface area contributed by atoms with Crippen LogP contribution in [0.2, 0.25) is 0 Å². The highest BCUT2D eigenvalue weighted by Crippen LogP contribution is 2.28. The number of methoxy groups -OCH3 is 1. The first-order valence-corrected chi connectivity index (χ1v) is 9.53. The van der Waals surface area contributed by atoms with Crippen LogP contribution in [-0.2, 0) is 22.3 Å². The zero-order valence-corrected chi connectivity index (χ0v) is 16.1. The summed E-state index contributed by atoms with van der Waals surface area (Å²) in [6.07, 6.45) is 3.69. The highest BCUT2D eigenvalue weighted by Gasteiger charge is 2.17. The first-order chi connectivity index (χ1) is 13.2. The van der Waals surface area contributed by atoms with Crippen LogP contribution >= 0.6 is 11.8 Å². The second-order valence-electron chi connectivity index (χ2n) is 5.93. The lowest BCUT2D eigenvalue weighted by Crippen LogP contribution is -2.35. The minimum atomic E-state index is -0.203. The maximum atomic E-state index is 12.0. The predicted molar refractivity (Wildman–Crippen MR) is 96.6 cm³/mol. The van der Waals surface area contributed by atoms with Crippen molar-refractivity contribution >= 4 is 17.7 Å². The number of carbonyl (C=O) groups is 1. The average Bonchev–Trinajstić information content (AvgIpc) is 3.34. The van der Waals surface area contributed by atoms with Crippen molar-refractivity contribution in [2.24, 2.45) is 7.05 Å². The third-order valence-corrected chi connectivity index (χ3v) is 4.99. The fourth-order valence-corrected chi connectivity index (χ4v) is 3.27. The molecule has 1 saturated heterocycles. The van der Waals surface area contributed by atoms with Gasteiger partial charge in [0, 0.05) is 32.0 Å². The van der Waals surface area contributed by atoms with E-state index in [1.54, 1.807) is 24.0 Å². The number of tetrazole rings is 1. The molecule has 1 N–H and O–H groups in total. The van der Waals surface area contributed by atoms with Gasteiger partial charge in [0.05, 0.1) is 25.1 Å². The molecule has 1 atom stereocenters. The number of pyridine rings is 1. The van der Waals surface area contributed by atoms with Gasteiger partial charge < -0.3 is 19.5 Å². The number of amides is 1. The standard InChI is InChI=1S/C16H22N6O4S/c1-22-16(19-20-21-22)27-10-11-6-13(14(24-2)8-17-11)26-9-15(23)18-7-12-4-3-5-25-12/h6,8,12H,3-5,7,9-10H2,1-2H3,(H,18,23)/t12-/m1/s1.